The van der Waals surface area contributed by atoms with Crippen LogP contribution in [-0.4, -0.2) is 0 Å². The molecule has 0 amide bonds. The molecule has 0 aromatic heterocycles. The lowest BCUT2D eigenvalue weighted by molar-refractivity contribution is 0.468. The molecule has 1 aromatic carbocycles. The molecule has 0 saturated heterocycles. The van der Waals surface area contributed by atoms with E-state index in [9.17, 15) is 4.39 Å². The highest BCUT2D eigenvalue weighted by Gasteiger charge is 2.33. The molecular formula is C10H12BrFN2. The Morgan fingerprint density at radius 3 is 2.79 bits per heavy atom. The number of benzene rings is 1. The van der Waals surface area contributed by atoms with E-state index in [1.807, 2.05) is 0 Å². The number of nitrogens with two attached hydrogens (primary N) is 1. The van der Waals surface area contributed by atoms with Crippen LogP contribution in [0.15, 0.2) is 22.7 Å². The molecule has 1 aliphatic carbocycles. The van der Waals surface area contributed by atoms with Crippen molar-refractivity contribution in [1.29, 1.82) is 0 Å². The minimum Gasteiger partial charge on any atom is -0.271 e. The average molecular weight is 259 g/mol. The van der Waals surface area contributed by atoms with Crippen molar-refractivity contribution in [2.75, 3.05) is 0 Å². The van der Waals surface area contributed by atoms with E-state index in [0.717, 1.165) is 17.3 Å². The second kappa shape index (κ2) is 3.96. The lowest BCUT2D eigenvalue weighted by atomic mass is 10.0. The first-order valence-electron chi connectivity index (χ1n) is 4.63. The SMILES string of the molecule is NNC(c1cc(Br)ccc1F)C1CC1. The van der Waals surface area contributed by atoms with E-state index >= 15 is 0 Å². The summed E-state index contributed by atoms with van der Waals surface area (Å²) in [6.45, 7) is 0. The van der Waals surface area contributed by atoms with Crippen molar-refractivity contribution in [3.63, 3.8) is 0 Å². The Morgan fingerprint density at radius 2 is 2.21 bits per heavy atom. The van der Waals surface area contributed by atoms with Crippen LogP contribution in [0.3, 0.4) is 0 Å². The topological polar surface area (TPSA) is 38.0 Å². The molecule has 0 spiro atoms. The molecule has 0 bridgehead atoms. The van der Waals surface area contributed by atoms with Gasteiger partial charge in [0, 0.05) is 10.0 Å². The zero-order chi connectivity index (χ0) is 10.1. The summed E-state index contributed by atoms with van der Waals surface area (Å²) >= 11 is 3.33. The van der Waals surface area contributed by atoms with Crippen molar-refractivity contribution in [3.05, 3.63) is 34.1 Å². The minimum absolute atomic E-state index is 0.0486. The highest BCUT2D eigenvalue weighted by atomic mass is 79.9. The Hall–Kier alpha value is -0.450. The molecule has 3 N–H and O–H groups in total. The van der Waals surface area contributed by atoms with Gasteiger partial charge >= 0.3 is 0 Å². The molecule has 1 fully saturated rings. The quantitative estimate of drug-likeness (QED) is 0.646. The minimum atomic E-state index is -0.192. The van der Waals surface area contributed by atoms with Crippen molar-refractivity contribution in [2.45, 2.75) is 18.9 Å². The molecule has 1 saturated carbocycles. The molecular weight excluding hydrogens is 247 g/mol. The van der Waals surface area contributed by atoms with Gasteiger partial charge in [-0.2, -0.15) is 0 Å². The van der Waals surface area contributed by atoms with E-state index in [-0.39, 0.29) is 11.9 Å². The maximum atomic E-state index is 13.5. The van der Waals surface area contributed by atoms with E-state index in [4.69, 9.17) is 5.84 Å². The van der Waals surface area contributed by atoms with Gasteiger partial charge in [0.2, 0.25) is 0 Å². The molecule has 1 aromatic rings. The Morgan fingerprint density at radius 1 is 1.50 bits per heavy atom. The molecule has 0 radical (unpaired) electrons. The smallest absolute Gasteiger partial charge is 0.128 e. The highest BCUT2D eigenvalue weighted by Crippen LogP contribution is 2.41. The summed E-state index contributed by atoms with van der Waals surface area (Å²) in [6.07, 6.45) is 2.25. The molecule has 1 aliphatic rings. The van der Waals surface area contributed by atoms with Gasteiger partial charge in [0.1, 0.15) is 5.82 Å². The molecule has 1 unspecified atom stereocenters. The van der Waals surface area contributed by atoms with Crippen LogP contribution >= 0.6 is 15.9 Å². The van der Waals surface area contributed by atoms with Gasteiger partial charge in [-0.15, -0.1) is 0 Å². The molecule has 14 heavy (non-hydrogen) atoms. The Labute approximate surface area is 90.8 Å². The van der Waals surface area contributed by atoms with Gasteiger partial charge in [0.15, 0.2) is 0 Å². The summed E-state index contributed by atoms with van der Waals surface area (Å²) in [5.74, 6) is 5.73. The van der Waals surface area contributed by atoms with Crippen LogP contribution in [0.4, 0.5) is 4.39 Å². The molecule has 4 heteroatoms. The van der Waals surface area contributed by atoms with Crippen LogP contribution in [0.1, 0.15) is 24.4 Å². The number of hydrogen-bond donors (Lipinski definition) is 2. The molecule has 2 nitrogen and oxygen atoms in total. The predicted octanol–water partition coefficient (Wildman–Crippen LogP) is 2.50. The fourth-order valence-electron chi connectivity index (χ4n) is 1.66. The lowest BCUT2D eigenvalue weighted by Crippen LogP contribution is -2.30. The van der Waals surface area contributed by atoms with Gasteiger partial charge in [-0.25, -0.2) is 4.39 Å². The molecule has 0 aliphatic heterocycles. The third kappa shape index (κ3) is 1.97. The monoisotopic (exact) mass is 258 g/mol. The fourth-order valence-corrected chi connectivity index (χ4v) is 2.04. The van der Waals surface area contributed by atoms with Crippen LogP contribution in [0.5, 0.6) is 0 Å². The second-order valence-corrected chi connectivity index (χ2v) is 4.56. The lowest BCUT2D eigenvalue weighted by Gasteiger charge is -2.16. The van der Waals surface area contributed by atoms with Gasteiger partial charge in [0.25, 0.3) is 0 Å². The first-order valence-corrected chi connectivity index (χ1v) is 5.42. The van der Waals surface area contributed by atoms with Crippen LogP contribution in [0, 0.1) is 11.7 Å². The van der Waals surface area contributed by atoms with Crippen molar-refractivity contribution < 1.29 is 4.39 Å². The Balaban J connectivity index is 2.32. The van der Waals surface area contributed by atoms with Gasteiger partial charge in [-0.1, -0.05) is 15.9 Å². The third-order valence-electron chi connectivity index (χ3n) is 2.57. The van der Waals surface area contributed by atoms with Crippen molar-refractivity contribution >= 4 is 15.9 Å². The number of halogens is 2. The van der Waals surface area contributed by atoms with Gasteiger partial charge in [-0.05, 0) is 37.0 Å². The summed E-state index contributed by atoms with van der Waals surface area (Å²) in [4.78, 5) is 0. The largest absolute Gasteiger partial charge is 0.271 e. The Bertz CT molecular complexity index is 339. The second-order valence-electron chi connectivity index (χ2n) is 3.65. The van der Waals surface area contributed by atoms with Gasteiger partial charge in [-0.3, -0.25) is 11.3 Å². The predicted molar refractivity (Wildman–Crippen MR) is 56.9 cm³/mol. The fraction of sp³-hybridized carbons (Fsp3) is 0.400. The van der Waals surface area contributed by atoms with Crippen LogP contribution < -0.4 is 11.3 Å². The summed E-state index contributed by atoms with van der Waals surface area (Å²) in [5.41, 5.74) is 3.34. The van der Waals surface area contributed by atoms with E-state index < -0.39 is 0 Å². The van der Waals surface area contributed by atoms with E-state index in [0.29, 0.717) is 11.5 Å². The van der Waals surface area contributed by atoms with Gasteiger partial charge in [0.05, 0.1) is 6.04 Å². The van der Waals surface area contributed by atoms with Crippen LogP contribution in [0.2, 0.25) is 0 Å². The number of hydrogen-bond acceptors (Lipinski definition) is 2. The van der Waals surface area contributed by atoms with E-state index in [1.165, 1.54) is 6.07 Å². The van der Waals surface area contributed by atoms with Crippen molar-refractivity contribution in [1.82, 2.24) is 5.43 Å². The van der Waals surface area contributed by atoms with Crippen molar-refractivity contribution in [3.8, 4) is 0 Å². The normalized spacial score (nSPS) is 18.2. The van der Waals surface area contributed by atoms with Crippen LogP contribution in [-0.2, 0) is 0 Å². The molecule has 2 rings (SSSR count). The summed E-state index contributed by atoms with van der Waals surface area (Å²) < 4.78 is 14.4. The molecule has 76 valence electrons. The third-order valence-corrected chi connectivity index (χ3v) is 3.06. The summed E-state index contributed by atoms with van der Waals surface area (Å²) in [6, 6.07) is 4.90. The highest BCUT2D eigenvalue weighted by molar-refractivity contribution is 9.10. The maximum Gasteiger partial charge on any atom is 0.128 e. The number of rotatable bonds is 3. The van der Waals surface area contributed by atoms with Crippen LogP contribution in [0.25, 0.3) is 0 Å². The average Bonchev–Trinajstić information content (AvgIpc) is 2.96. The number of hydrazine groups is 1. The summed E-state index contributed by atoms with van der Waals surface area (Å²) in [5, 5.41) is 0. The standard InChI is InChI=1S/C10H12BrFN2/c11-7-3-4-9(12)8(5-7)10(14-13)6-1-2-6/h3-6,10,14H,1-2,13H2. The van der Waals surface area contributed by atoms with Crippen molar-refractivity contribution in [2.24, 2.45) is 11.8 Å². The van der Waals surface area contributed by atoms with E-state index in [1.54, 1.807) is 12.1 Å². The maximum absolute atomic E-state index is 13.5. The number of nitrogens with one attached hydrogen (secondary N) is 1. The first-order chi connectivity index (χ1) is 6.72. The summed E-state index contributed by atoms with van der Waals surface area (Å²) in [7, 11) is 0. The Kier molecular flexibility index (Phi) is 2.85. The zero-order valence-corrected chi connectivity index (χ0v) is 9.22. The van der Waals surface area contributed by atoms with Gasteiger partial charge < -0.3 is 0 Å². The molecule has 1 atom stereocenters. The molecule has 0 heterocycles. The first kappa shape index (κ1) is 10.1. The van der Waals surface area contributed by atoms with E-state index in [2.05, 4.69) is 21.4 Å². The zero-order valence-electron chi connectivity index (χ0n) is 7.63.